The summed E-state index contributed by atoms with van der Waals surface area (Å²) in [6.45, 7) is 12.2. The average Bonchev–Trinajstić information content (AvgIpc) is 2.61. The summed E-state index contributed by atoms with van der Waals surface area (Å²) in [7, 11) is -3.09. The van der Waals surface area contributed by atoms with Gasteiger partial charge < -0.3 is 17.7 Å². The number of rotatable bonds is 20. The predicted octanol–water partition coefficient (Wildman–Crippen LogP) is 6.37. The molecule has 0 aliphatic carbocycles. The standard InChI is InChI=1S/C20H42O4Si/c1-5-9-12-15-18-22-25(21-8-4,23-19-16-13-10-6-2)24-20-17-14-11-7-3/h8H,4-7,9-20H2,1-3H3. The summed E-state index contributed by atoms with van der Waals surface area (Å²) in [6.07, 6.45) is 15.3. The van der Waals surface area contributed by atoms with Crippen molar-refractivity contribution >= 4 is 9.05 Å². The molecule has 0 aromatic rings. The first-order chi connectivity index (χ1) is 12.2. The lowest BCUT2D eigenvalue weighted by Crippen LogP contribution is -2.48. The normalized spacial score (nSPS) is 11.6. The molecule has 0 N–H and O–H groups in total. The van der Waals surface area contributed by atoms with Crippen LogP contribution >= 0.6 is 0 Å². The molecule has 0 unspecified atom stereocenters. The first-order valence-corrected chi connectivity index (χ1v) is 12.1. The van der Waals surface area contributed by atoms with Crippen LogP contribution in [-0.2, 0) is 17.7 Å². The van der Waals surface area contributed by atoms with Gasteiger partial charge in [-0.15, -0.1) is 0 Å². The second-order valence-corrected chi connectivity index (χ2v) is 8.61. The molecule has 0 fully saturated rings. The highest BCUT2D eigenvalue weighted by Gasteiger charge is 2.47. The lowest BCUT2D eigenvalue weighted by molar-refractivity contribution is -0.0148. The van der Waals surface area contributed by atoms with Crippen LogP contribution in [0.4, 0.5) is 0 Å². The van der Waals surface area contributed by atoms with Gasteiger partial charge in [-0.1, -0.05) is 85.1 Å². The Labute approximate surface area is 157 Å². The molecule has 0 atom stereocenters. The zero-order valence-electron chi connectivity index (χ0n) is 17.0. The van der Waals surface area contributed by atoms with E-state index in [-0.39, 0.29) is 0 Å². The van der Waals surface area contributed by atoms with Gasteiger partial charge >= 0.3 is 9.05 Å². The van der Waals surface area contributed by atoms with Gasteiger partial charge in [0.2, 0.25) is 0 Å². The molecule has 0 saturated carbocycles. The van der Waals surface area contributed by atoms with Crippen molar-refractivity contribution < 1.29 is 17.7 Å². The maximum Gasteiger partial charge on any atom is 0.749 e. The second kappa shape index (κ2) is 18.4. The van der Waals surface area contributed by atoms with E-state index in [1.807, 2.05) is 0 Å². The van der Waals surface area contributed by atoms with Crippen LogP contribution in [0.5, 0.6) is 0 Å². The van der Waals surface area contributed by atoms with Gasteiger partial charge in [0.25, 0.3) is 0 Å². The summed E-state index contributed by atoms with van der Waals surface area (Å²) < 4.78 is 23.8. The Kier molecular flexibility index (Phi) is 18.2. The molecule has 0 aliphatic heterocycles. The topological polar surface area (TPSA) is 36.9 Å². The van der Waals surface area contributed by atoms with Crippen molar-refractivity contribution in [2.75, 3.05) is 19.8 Å². The molecular formula is C20H42O4Si. The minimum atomic E-state index is -3.09. The molecule has 0 aliphatic rings. The quantitative estimate of drug-likeness (QED) is 0.141. The van der Waals surface area contributed by atoms with Crippen molar-refractivity contribution in [3.05, 3.63) is 12.8 Å². The Bertz CT molecular complexity index is 251. The van der Waals surface area contributed by atoms with Crippen LogP contribution in [0.2, 0.25) is 0 Å². The molecule has 4 nitrogen and oxygen atoms in total. The molecule has 0 radical (unpaired) electrons. The van der Waals surface area contributed by atoms with E-state index in [1.165, 1.54) is 64.0 Å². The molecule has 0 saturated heterocycles. The third kappa shape index (κ3) is 14.5. The van der Waals surface area contributed by atoms with E-state index in [0.717, 1.165) is 19.3 Å². The number of hydrogen-bond donors (Lipinski definition) is 0. The van der Waals surface area contributed by atoms with Crippen molar-refractivity contribution in [1.82, 2.24) is 0 Å². The third-order valence-corrected chi connectivity index (χ3v) is 6.19. The summed E-state index contributed by atoms with van der Waals surface area (Å²) in [4.78, 5) is 0. The molecule has 0 rings (SSSR count). The van der Waals surface area contributed by atoms with Gasteiger partial charge in [0.1, 0.15) is 0 Å². The first kappa shape index (κ1) is 24.6. The Morgan fingerprint density at radius 2 is 0.960 bits per heavy atom. The summed E-state index contributed by atoms with van der Waals surface area (Å²) in [5.74, 6) is 0. The largest absolute Gasteiger partial charge is 0.749 e. The van der Waals surface area contributed by atoms with Gasteiger partial charge in [-0.3, -0.25) is 0 Å². The molecule has 5 heteroatoms. The van der Waals surface area contributed by atoms with Crippen molar-refractivity contribution in [1.29, 1.82) is 0 Å². The van der Waals surface area contributed by atoms with Crippen LogP contribution in [0.15, 0.2) is 12.8 Å². The fourth-order valence-corrected chi connectivity index (χ4v) is 4.35. The van der Waals surface area contributed by atoms with Crippen LogP contribution in [0.3, 0.4) is 0 Å². The summed E-state index contributed by atoms with van der Waals surface area (Å²) in [5, 5.41) is 0. The Balaban J connectivity index is 4.42. The van der Waals surface area contributed by atoms with Crippen LogP contribution in [0, 0.1) is 0 Å². The van der Waals surface area contributed by atoms with Gasteiger partial charge in [-0.05, 0) is 19.3 Å². The monoisotopic (exact) mass is 374 g/mol. The average molecular weight is 375 g/mol. The molecule has 0 spiro atoms. The van der Waals surface area contributed by atoms with Gasteiger partial charge in [-0.2, -0.15) is 0 Å². The molecule has 25 heavy (non-hydrogen) atoms. The maximum absolute atomic E-state index is 6.03. The lowest BCUT2D eigenvalue weighted by Gasteiger charge is -2.27. The van der Waals surface area contributed by atoms with E-state index in [0.29, 0.717) is 19.8 Å². The third-order valence-electron chi connectivity index (χ3n) is 4.06. The highest BCUT2D eigenvalue weighted by molar-refractivity contribution is 6.53. The smallest absolute Gasteiger partial charge is 0.487 e. The molecule has 0 aromatic carbocycles. The zero-order chi connectivity index (χ0) is 18.6. The minimum Gasteiger partial charge on any atom is -0.487 e. The fourth-order valence-electron chi connectivity index (χ4n) is 2.51. The van der Waals surface area contributed by atoms with Crippen LogP contribution in [-0.4, -0.2) is 28.9 Å². The van der Waals surface area contributed by atoms with E-state index in [4.69, 9.17) is 17.7 Å². The lowest BCUT2D eigenvalue weighted by atomic mass is 10.2. The Morgan fingerprint density at radius 1 is 0.600 bits per heavy atom. The predicted molar refractivity (Wildman–Crippen MR) is 107 cm³/mol. The van der Waals surface area contributed by atoms with Crippen molar-refractivity contribution in [2.24, 2.45) is 0 Å². The summed E-state index contributed by atoms with van der Waals surface area (Å²) in [5.41, 5.74) is 0. The molecule has 0 amide bonds. The van der Waals surface area contributed by atoms with Crippen molar-refractivity contribution in [3.63, 3.8) is 0 Å². The van der Waals surface area contributed by atoms with Gasteiger partial charge in [0, 0.05) is 19.8 Å². The van der Waals surface area contributed by atoms with Gasteiger partial charge in [0.05, 0.1) is 6.26 Å². The summed E-state index contributed by atoms with van der Waals surface area (Å²) in [6, 6.07) is 0. The van der Waals surface area contributed by atoms with E-state index in [2.05, 4.69) is 27.4 Å². The van der Waals surface area contributed by atoms with E-state index >= 15 is 0 Å². The molecule has 150 valence electrons. The van der Waals surface area contributed by atoms with Crippen LogP contribution in [0.25, 0.3) is 0 Å². The second-order valence-electron chi connectivity index (χ2n) is 6.51. The van der Waals surface area contributed by atoms with E-state index < -0.39 is 9.05 Å². The SMILES string of the molecule is C=CO[Si](OCCCCCC)(OCCCCCC)OCCCCCC. The van der Waals surface area contributed by atoms with Crippen molar-refractivity contribution in [2.45, 2.75) is 97.8 Å². The molecule has 0 aromatic heterocycles. The highest BCUT2D eigenvalue weighted by Crippen LogP contribution is 2.16. The number of unbranched alkanes of at least 4 members (excludes halogenated alkanes) is 9. The number of hydrogen-bond acceptors (Lipinski definition) is 4. The molecular weight excluding hydrogens is 332 g/mol. The molecule has 0 bridgehead atoms. The van der Waals surface area contributed by atoms with E-state index in [9.17, 15) is 0 Å². The van der Waals surface area contributed by atoms with Gasteiger partial charge in [-0.25, -0.2) is 0 Å². The fraction of sp³-hybridized carbons (Fsp3) is 0.900. The minimum absolute atomic E-state index is 0.629. The van der Waals surface area contributed by atoms with Crippen LogP contribution < -0.4 is 0 Å². The summed E-state index contributed by atoms with van der Waals surface area (Å²) >= 11 is 0. The first-order valence-electron chi connectivity index (χ1n) is 10.4. The Morgan fingerprint density at radius 3 is 1.24 bits per heavy atom. The molecule has 0 heterocycles. The van der Waals surface area contributed by atoms with Gasteiger partial charge in [0.15, 0.2) is 0 Å². The highest BCUT2D eigenvalue weighted by atomic mass is 28.4. The maximum atomic E-state index is 6.03. The van der Waals surface area contributed by atoms with E-state index in [1.54, 1.807) is 0 Å². The van der Waals surface area contributed by atoms with Crippen LogP contribution in [0.1, 0.15) is 97.8 Å². The Hall–Kier alpha value is -0.363. The van der Waals surface area contributed by atoms with Crippen molar-refractivity contribution in [3.8, 4) is 0 Å². The zero-order valence-corrected chi connectivity index (χ0v) is 18.0.